The summed E-state index contributed by atoms with van der Waals surface area (Å²) in [6.07, 6.45) is 2.84. The molecule has 7 heteroatoms. The van der Waals surface area contributed by atoms with E-state index in [9.17, 15) is 9.59 Å². The van der Waals surface area contributed by atoms with Crippen molar-refractivity contribution in [2.75, 3.05) is 0 Å². The lowest BCUT2D eigenvalue weighted by Gasteiger charge is -2.14. The van der Waals surface area contributed by atoms with Crippen LogP contribution >= 0.6 is 0 Å². The van der Waals surface area contributed by atoms with Crippen molar-refractivity contribution in [1.29, 1.82) is 0 Å². The van der Waals surface area contributed by atoms with E-state index in [1.54, 1.807) is 18.5 Å². The summed E-state index contributed by atoms with van der Waals surface area (Å²) in [5.41, 5.74) is -0.223. The highest BCUT2D eigenvalue weighted by Crippen LogP contribution is 2.12. The lowest BCUT2D eigenvalue weighted by molar-refractivity contribution is 0.0695. The Hall–Kier alpha value is -2.44. The number of aromatic nitrogens is 4. The number of carboxylic acid groups (broad SMARTS) is 1. The molecule has 2 aromatic heterocycles. The van der Waals surface area contributed by atoms with E-state index in [1.807, 2.05) is 0 Å². The van der Waals surface area contributed by atoms with Crippen molar-refractivity contribution in [3.8, 4) is 0 Å². The Labute approximate surface area is 102 Å². The highest BCUT2D eigenvalue weighted by atomic mass is 16.4. The zero-order valence-corrected chi connectivity index (χ0v) is 9.94. The van der Waals surface area contributed by atoms with E-state index in [-0.39, 0.29) is 17.2 Å². The molecule has 1 unspecified atom stereocenters. The number of carbonyl (C=O) groups is 1. The summed E-state index contributed by atoms with van der Waals surface area (Å²) < 4.78 is 3.01. The second kappa shape index (κ2) is 4.44. The topological polar surface area (TPSA) is 90.0 Å². The van der Waals surface area contributed by atoms with Crippen molar-refractivity contribution in [3.05, 3.63) is 46.4 Å². The molecule has 0 amide bonds. The van der Waals surface area contributed by atoms with Gasteiger partial charge in [0.05, 0.1) is 11.6 Å². The molecule has 0 radical (unpaired) electrons. The van der Waals surface area contributed by atoms with Crippen molar-refractivity contribution < 1.29 is 9.90 Å². The number of aryl methyl sites for hydroxylation is 1. The molecule has 0 fully saturated rings. The Balaban J connectivity index is 2.51. The van der Waals surface area contributed by atoms with Crippen LogP contribution < -0.4 is 5.56 Å². The van der Waals surface area contributed by atoms with Gasteiger partial charge in [-0.1, -0.05) is 0 Å². The first kappa shape index (κ1) is 12.0. The third kappa shape index (κ3) is 2.02. The van der Waals surface area contributed by atoms with Gasteiger partial charge in [-0.15, -0.1) is 10.2 Å². The summed E-state index contributed by atoms with van der Waals surface area (Å²) in [5.74, 6) is -0.492. The molecule has 1 N–H and O–H groups in total. The molecule has 0 saturated carbocycles. The van der Waals surface area contributed by atoms with E-state index in [0.717, 1.165) is 0 Å². The summed E-state index contributed by atoms with van der Waals surface area (Å²) in [6, 6.07) is 2.13. The van der Waals surface area contributed by atoms with Crippen LogP contribution in [0.3, 0.4) is 0 Å². The van der Waals surface area contributed by atoms with Gasteiger partial charge in [0.2, 0.25) is 0 Å². The molecule has 0 spiro atoms. The first-order chi connectivity index (χ1) is 8.50. The van der Waals surface area contributed by atoms with Gasteiger partial charge in [-0.2, -0.15) is 0 Å². The Kier molecular flexibility index (Phi) is 2.97. The summed E-state index contributed by atoms with van der Waals surface area (Å²) >= 11 is 0. The van der Waals surface area contributed by atoms with Crippen LogP contribution in [0.2, 0.25) is 0 Å². The van der Waals surface area contributed by atoms with Crippen LogP contribution in [-0.2, 0) is 7.05 Å². The quantitative estimate of drug-likeness (QED) is 0.842. The van der Waals surface area contributed by atoms with E-state index < -0.39 is 5.97 Å². The second-order valence-corrected chi connectivity index (χ2v) is 3.94. The average Bonchev–Trinajstić information content (AvgIpc) is 2.75. The lowest BCUT2D eigenvalue weighted by atomic mass is 10.2. The van der Waals surface area contributed by atoms with Gasteiger partial charge in [0, 0.05) is 19.3 Å². The molecule has 0 aromatic carbocycles. The fourth-order valence-corrected chi connectivity index (χ4v) is 1.73. The average molecular weight is 248 g/mol. The zero-order valence-electron chi connectivity index (χ0n) is 9.94. The van der Waals surface area contributed by atoms with Gasteiger partial charge in [0.25, 0.3) is 5.56 Å². The maximum Gasteiger partial charge on any atom is 0.337 e. The van der Waals surface area contributed by atoms with Gasteiger partial charge in [-0.05, 0) is 13.0 Å². The first-order valence-electron chi connectivity index (χ1n) is 5.30. The van der Waals surface area contributed by atoms with E-state index in [0.29, 0.717) is 5.82 Å². The highest BCUT2D eigenvalue weighted by Gasteiger charge is 2.16. The minimum absolute atomic E-state index is 0.0589. The lowest BCUT2D eigenvalue weighted by Crippen LogP contribution is -2.25. The maximum atomic E-state index is 11.8. The molecule has 2 rings (SSSR count). The van der Waals surface area contributed by atoms with Crippen molar-refractivity contribution in [1.82, 2.24) is 19.3 Å². The number of nitrogens with zero attached hydrogens (tertiary/aromatic N) is 4. The van der Waals surface area contributed by atoms with Crippen LogP contribution in [0, 0.1) is 0 Å². The summed E-state index contributed by atoms with van der Waals surface area (Å²) in [5, 5.41) is 16.6. The van der Waals surface area contributed by atoms with Gasteiger partial charge in [0.15, 0.2) is 5.82 Å². The number of pyridine rings is 1. The highest BCUT2D eigenvalue weighted by molar-refractivity contribution is 5.87. The Morgan fingerprint density at radius 1 is 1.44 bits per heavy atom. The Morgan fingerprint density at radius 2 is 2.17 bits per heavy atom. The predicted octanol–water partition coefficient (Wildman–Crippen LogP) is 0.284. The third-order valence-electron chi connectivity index (χ3n) is 2.72. The molecule has 2 aromatic rings. The summed E-state index contributed by atoms with van der Waals surface area (Å²) in [4.78, 5) is 22.6. The van der Waals surface area contributed by atoms with E-state index in [1.165, 1.54) is 29.2 Å². The SMILES string of the molecule is CC(c1nncn1C)n1cc(C(=O)O)ccc1=O. The van der Waals surface area contributed by atoms with E-state index >= 15 is 0 Å². The number of hydrogen-bond donors (Lipinski definition) is 1. The van der Waals surface area contributed by atoms with Crippen LogP contribution in [0.15, 0.2) is 29.5 Å². The summed E-state index contributed by atoms with van der Waals surface area (Å²) in [6.45, 7) is 1.76. The van der Waals surface area contributed by atoms with Gasteiger partial charge in [0.1, 0.15) is 6.33 Å². The van der Waals surface area contributed by atoms with Crippen molar-refractivity contribution >= 4 is 5.97 Å². The molecule has 0 bridgehead atoms. The number of carboxylic acids is 1. The zero-order chi connectivity index (χ0) is 13.3. The van der Waals surface area contributed by atoms with Gasteiger partial charge in [-0.3, -0.25) is 4.79 Å². The molecule has 0 saturated heterocycles. The smallest absolute Gasteiger partial charge is 0.337 e. The van der Waals surface area contributed by atoms with Crippen molar-refractivity contribution in [3.63, 3.8) is 0 Å². The van der Waals surface area contributed by atoms with Crippen LogP contribution in [0.5, 0.6) is 0 Å². The minimum atomic E-state index is -1.08. The largest absolute Gasteiger partial charge is 0.478 e. The van der Waals surface area contributed by atoms with Crippen molar-refractivity contribution in [2.24, 2.45) is 7.05 Å². The monoisotopic (exact) mass is 248 g/mol. The molecule has 0 aliphatic rings. The molecule has 0 aliphatic heterocycles. The van der Waals surface area contributed by atoms with Crippen molar-refractivity contribution in [2.45, 2.75) is 13.0 Å². The molecule has 7 nitrogen and oxygen atoms in total. The third-order valence-corrected chi connectivity index (χ3v) is 2.72. The fourth-order valence-electron chi connectivity index (χ4n) is 1.73. The van der Waals surface area contributed by atoms with Gasteiger partial charge in [-0.25, -0.2) is 4.79 Å². The summed E-state index contributed by atoms with van der Waals surface area (Å²) in [7, 11) is 1.76. The van der Waals surface area contributed by atoms with Gasteiger partial charge >= 0.3 is 5.97 Å². The fraction of sp³-hybridized carbons (Fsp3) is 0.273. The molecule has 2 heterocycles. The van der Waals surface area contributed by atoms with Crippen LogP contribution in [0.1, 0.15) is 29.1 Å². The minimum Gasteiger partial charge on any atom is -0.478 e. The number of hydrogen-bond acceptors (Lipinski definition) is 4. The second-order valence-electron chi connectivity index (χ2n) is 3.94. The molecule has 18 heavy (non-hydrogen) atoms. The Bertz CT molecular complexity index is 644. The molecular weight excluding hydrogens is 236 g/mol. The predicted molar refractivity (Wildman–Crippen MR) is 62.5 cm³/mol. The maximum absolute atomic E-state index is 11.8. The molecule has 94 valence electrons. The molecule has 0 aliphatic carbocycles. The van der Waals surface area contributed by atoms with Crippen LogP contribution in [-0.4, -0.2) is 30.4 Å². The number of rotatable bonds is 3. The normalized spacial score (nSPS) is 12.3. The molecule has 1 atom stereocenters. The van der Waals surface area contributed by atoms with Crippen LogP contribution in [0.25, 0.3) is 0 Å². The van der Waals surface area contributed by atoms with E-state index in [4.69, 9.17) is 5.11 Å². The van der Waals surface area contributed by atoms with E-state index in [2.05, 4.69) is 10.2 Å². The van der Waals surface area contributed by atoms with Crippen LogP contribution in [0.4, 0.5) is 0 Å². The standard InChI is InChI=1S/C11H12N4O3/c1-7(10-13-12-6-14(10)2)15-5-8(11(17)18)3-4-9(15)16/h3-7H,1-2H3,(H,17,18). The Morgan fingerprint density at radius 3 is 2.72 bits per heavy atom. The molecular formula is C11H12N4O3. The van der Waals surface area contributed by atoms with Gasteiger partial charge < -0.3 is 14.2 Å². The first-order valence-corrected chi connectivity index (χ1v) is 5.30. The number of aromatic carboxylic acids is 1.